The van der Waals surface area contributed by atoms with E-state index in [4.69, 9.17) is 16.9 Å². The maximum Gasteiger partial charge on any atom is 0.419 e. The van der Waals surface area contributed by atoms with Crippen LogP contribution in [0.25, 0.3) is 5.65 Å². The van der Waals surface area contributed by atoms with E-state index in [0.717, 1.165) is 23.3 Å². The number of hydrogen-bond donors (Lipinski definition) is 0. The molecule has 0 atom stereocenters. The van der Waals surface area contributed by atoms with Crippen molar-refractivity contribution >= 4 is 34.7 Å². The van der Waals surface area contributed by atoms with Crippen molar-refractivity contribution in [2.45, 2.75) is 24.9 Å². The molecule has 1 saturated heterocycles. The molecule has 2 amide bonds. The number of carbonyl (C=O) groups is 2. The molecule has 34 heavy (non-hydrogen) atoms. The number of fused-ring (bicyclic) bond motifs is 1. The lowest BCUT2D eigenvalue weighted by Gasteiger charge is -2.34. The monoisotopic (exact) mass is 487 g/mol. The number of hydrogen-bond acceptors (Lipinski definition) is 4. The van der Waals surface area contributed by atoms with Crippen LogP contribution in [0.1, 0.15) is 45.9 Å². The Bertz CT molecular complexity index is 1370. The standard InChI is InChI=1S/C23H17ClF3N5O2/c24-20-19(29-21-17(23(25,26)27)9-15(11-32(20)21)14-4-5-14)22(34)30-6-7-31(18(33)12-30)16-3-1-2-13(8-16)10-28/h1-3,8-9,11,14H,4-7,12H2. The predicted molar refractivity (Wildman–Crippen MR) is 117 cm³/mol. The van der Waals surface area contributed by atoms with Crippen LogP contribution in [-0.4, -0.2) is 45.7 Å². The fourth-order valence-electron chi connectivity index (χ4n) is 4.14. The third-order valence-corrected chi connectivity index (χ3v) is 6.40. The molecule has 0 unspecified atom stereocenters. The summed E-state index contributed by atoms with van der Waals surface area (Å²) in [5.74, 6) is -1.07. The number of pyridine rings is 1. The molecule has 3 heterocycles. The summed E-state index contributed by atoms with van der Waals surface area (Å²) < 4.78 is 42.3. The molecule has 1 aliphatic heterocycles. The van der Waals surface area contributed by atoms with Gasteiger partial charge in [-0.2, -0.15) is 18.4 Å². The summed E-state index contributed by atoms with van der Waals surface area (Å²) in [5.41, 5.74) is -0.287. The van der Waals surface area contributed by atoms with E-state index in [-0.39, 0.29) is 42.3 Å². The highest BCUT2D eigenvalue weighted by molar-refractivity contribution is 6.33. The van der Waals surface area contributed by atoms with E-state index in [0.29, 0.717) is 16.8 Å². The number of piperazine rings is 1. The average Bonchev–Trinajstić information content (AvgIpc) is 3.61. The normalized spacial score (nSPS) is 16.7. The van der Waals surface area contributed by atoms with Crippen molar-refractivity contribution < 1.29 is 22.8 Å². The van der Waals surface area contributed by atoms with Gasteiger partial charge in [0.2, 0.25) is 5.91 Å². The molecule has 0 bridgehead atoms. The van der Waals surface area contributed by atoms with E-state index in [1.165, 1.54) is 16.0 Å². The zero-order valence-electron chi connectivity index (χ0n) is 17.6. The summed E-state index contributed by atoms with van der Waals surface area (Å²) in [4.78, 5) is 32.5. The van der Waals surface area contributed by atoms with Crippen LogP contribution >= 0.6 is 11.6 Å². The molecule has 1 aliphatic carbocycles. The van der Waals surface area contributed by atoms with Crippen LogP contribution in [0.2, 0.25) is 5.15 Å². The number of halogens is 4. The van der Waals surface area contributed by atoms with E-state index in [9.17, 15) is 22.8 Å². The summed E-state index contributed by atoms with van der Waals surface area (Å²) in [6.07, 6.45) is -1.57. The summed E-state index contributed by atoms with van der Waals surface area (Å²) >= 11 is 6.34. The lowest BCUT2D eigenvalue weighted by molar-refractivity contribution is -0.136. The summed E-state index contributed by atoms with van der Waals surface area (Å²) in [5, 5.41) is 8.86. The van der Waals surface area contributed by atoms with Gasteiger partial charge in [0, 0.05) is 25.0 Å². The second-order valence-corrected chi connectivity index (χ2v) is 8.70. The van der Waals surface area contributed by atoms with Gasteiger partial charge < -0.3 is 9.80 Å². The minimum Gasteiger partial charge on any atom is -0.326 e. The van der Waals surface area contributed by atoms with E-state index in [1.807, 2.05) is 6.07 Å². The lowest BCUT2D eigenvalue weighted by atomic mass is 10.1. The number of carbonyl (C=O) groups excluding carboxylic acids is 2. The Morgan fingerprint density at radius 1 is 1.21 bits per heavy atom. The first kappa shape index (κ1) is 22.2. The largest absolute Gasteiger partial charge is 0.419 e. The van der Waals surface area contributed by atoms with Crippen molar-refractivity contribution in [3.63, 3.8) is 0 Å². The second-order valence-electron chi connectivity index (χ2n) is 8.34. The highest BCUT2D eigenvalue weighted by Gasteiger charge is 2.38. The molecule has 2 aromatic heterocycles. The molecule has 1 aromatic carbocycles. The Morgan fingerprint density at radius 3 is 2.62 bits per heavy atom. The van der Waals surface area contributed by atoms with Gasteiger partial charge in [-0.15, -0.1) is 0 Å². The summed E-state index contributed by atoms with van der Waals surface area (Å²) in [6, 6.07) is 9.61. The Morgan fingerprint density at radius 2 is 1.97 bits per heavy atom. The number of anilines is 1. The van der Waals surface area contributed by atoms with Gasteiger partial charge in [0.1, 0.15) is 11.7 Å². The molecule has 1 saturated carbocycles. The predicted octanol–water partition coefficient (Wildman–Crippen LogP) is 4.24. The highest BCUT2D eigenvalue weighted by atomic mass is 35.5. The lowest BCUT2D eigenvalue weighted by Crippen LogP contribution is -2.52. The van der Waals surface area contributed by atoms with Crippen molar-refractivity contribution in [1.82, 2.24) is 14.3 Å². The van der Waals surface area contributed by atoms with Crippen LogP contribution in [0.5, 0.6) is 0 Å². The number of benzene rings is 1. The number of rotatable bonds is 3. The number of nitriles is 1. The van der Waals surface area contributed by atoms with Gasteiger partial charge in [-0.05, 0) is 48.6 Å². The minimum atomic E-state index is -4.67. The molecule has 0 spiro atoms. The molecule has 7 nitrogen and oxygen atoms in total. The van der Waals surface area contributed by atoms with Gasteiger partial charge in [0.25, 0.3) is 5.91 Å². The van der Waals surface area contributed by atoms with E-state index < -0.39 is 23.3 Å². The number of amides is 2. The van der Waals surface area contributed by atoms with Crippen LogP contribution in [0.3, 0.4) is 0 Å². The molecule has 0 N–H and O–H groups in total. The van der Waals surface area contributed by atoms with E-state index in [1.54, 1.807) is 24.3 Å². The molecule has 174 valence electrons. The van der Waals surface area contributed by atoms with Gasteiger partial charge >= 0.3 is 6.18 Å². The Labute approximate surface area is 196 Å². The minimum absolute atomic E-state index is 0.0355. The zero-order chi connectivity index (χ0) is 24.2. The van der Waals surface area contributed by atoms with Gasteiger partial charge in [-0.1, -0.05) is 17.7 Å². The Kier molecular flexibility index (Phi) is 5.24. The topological polar surface area (TPSA) is 81.7 Å². The van der Waals surface area contributed by atoms with Crippen LogP contribution < -0.4 is 4.90 Å². The third kappa shape index (κ3) is 3.86. The molecule has 11 heteroatoms. The smallest absolute Gasteiger partial charge is 0.326 e. The fourth-order valence-corrected chi connectivity index (χ4v) is 4.39. The first-order chi connectivity index (χ1) is 16.2. The van der Waals surface area contributed by atoms with Crippen molar-refractivity contribution in [3.8, 4) is 6.07 Å². The van der Waals surface area contributed by atoms with Gasteiger partial charge in [-0.3, -0.25) is 14.0 Å². The molecule has 3 aromatic rings. The van der Waals surface area contributed by atoms with Crippen molar-refractivity contribution in [3.05, 3.63) is 64.1 Å². The van der Waals surface area contributed by atoms with Crippen molar-refractivity contribution in [2.75, 3.05) is 24.5 Å². The molecular formula is C23H17ClF3N5O2. The second kappa shape index (κ2) is 8.02. The first-order valence-corrected chi connectivity index (χ1v) is 10.9. The van der Waals surface area contributed by atoms with Crippen LogP contribution in [0.4, 0.5) is 18.9 Å². The van der Waals surface area contributed by atoms with Crippen molar-refractivity contribution in [2.24, 2.45) is 0 Å². The highest BCUT2D eigenvalue weighted by Crippen LogP contribution is 2.43. The Hall–Kier alpha value is -3.58. The van der Waals surface area contributed by atoms with E-state index in [2.05, 4.69) is 4.98 Å². The van der Waals surface area contributed by atoms with Crippen LogP contribution in [0, 0.1) is 11.3 Å². The molecule has 2 aliphatic rings. The first-order valence-electron chi connectivity index (χ1n) is 10.6. The molecule has 5 rings (SSSR count). The Balaban J connectivity index is 1.44. The molecular weight excluding hydrogens is 471 g/mol. The summed E-state index contributed by atoms with van der Waals surface area (Å²) in [6.45, 7) is -0.00561. The quantitative estimate of drug-likeness (QED) is 0.553. The number of alkyl halides is 3. The van der Waals surface area contributed by atoms with Crippen LogP contribution in [0.15, 0.2) is 36.5 Å². The van der Waals surface area contributed by atoms with Crippen LogP contribution in [-0.2, 0) is 11.0 Å². The SMILES string of the molecule is N#Cc1cccc(N2CCN(C(=O)c3nc4c(C(F)(F)F)cc(C5CC5)cn4c3Cl)CC2=O)c1. The number of aromatic nitrogens is 2. The fraction of sp³-hybridized carbons (Fsp3) is 0.304. The summed E-state index contributed by atoms with van der Waals surface area (Å²) in [7, 11) is 0. The number of imidazole rings is 1. The van der Waals surface area contributed by atoms with Gasteiger partial charge in [0.15, 0.2) is 11.3 Å². The third-order valence-electron chi connectivity index (χ3n) is 6.03. The van der Waals surface area contributed by atoms with E-state index >= 15 is 0 Å². The van der Waals surface area contributed by atoms with Gasteiger partial charge in [0.05, 0.1) is 17.2 Å². The number of nitrogens with zero attached hydrogens (tertiary/aromatic N) is 5. The molecule has 0 radical (unpaired) electrons. The zero-order valence-corrected chi connectivity index (χ0v) is 18.4. The molecule has 2 fully saturated rings. The maximum absolute atomic E-state index is 13.7. The van der Waals surface area contributed by atoms with Crippen molar-refractivity contribution in [1.29, 1.82) is 5.26 Å². The average molecular weight is 488 g/mol. The maximum atomic E-state index is 13.7. The van der Waals surface area contributed by atoms with Gasteiger partial charge in [-0.25, -0.2) is 4.98 Å².